The van der Waals surface area contributed by atoms with Gasteiger partial charge in [0.05, 0.1) is 5.69 Å². The molecule has 2 heterocycles. The predicted octanol–water partition coefficient (Wildman–Crippen LogP) is 4.98. The Hall–Kier alpha value is -1.92. The van der Waals surface area contributed by atoms with Crippen molar-refractivity contribution < 1.29 is 4.79 Å². The number of amides is 1. The second-order valence-corrected chi connectivity index (χ2v) is 9.55. The van der Waals surface area contributed by atoms with Crippen molar-refractivity contribution in [2.45, 2.75) is 58.9 Å². The average Bonchev–Trinajstić information content (AvgIpc) is 3.44. The first kappa shape index (κ1) is 21.3. The van der Waals surface area contributed by atoms with E-state index in [1.54, 1.807) is 11.3 Å². The number of nitrogens with one attached hydrogen (secondary N) is 1. The molecule has 1 aromatic heterocycles. The third kappa shape index (κ3) is 5.03. The molecule has 0 spiro atoms. The lowest BCUT2D eigenvalue weighted by Crippen LogP contribution is -2.49. The van der Waals surface area contributed by atoms with E-state index in [9.17, 15) is 4.79 Å². The van der Waals surface area contributed by atoms with Gasteiger partial charge in [-0.1, -0.05) is 38.3 Å². The third-order valence-corrected chi connectivity index (χ3v) is 7.33. The zero-order valence-corrected chi connectivity index (χ0v) is 19.1. The summed E-state index contributed by atoms with van der Waals surface area (Å²) in [5.41, 5.74) is 4.94. The highest BCUT2D eigenvalue weighted by Gasteiger charge is 2.29. The standard InChI is InChI=1S/C24H34N4OS/c1-3-7-21-17-30-24(25-21)26-22-11-6-10-20(18(22)2)16-27-12-14-28(15-13-27)23(29)19-8-4-5-9-19/h6,10-11,17,19H,3-5,7-9,12-16H2,1-2H3,(H,25,26). The molecule has 1 saturated carbocycles. The van der Waals surface area contributed by atoms with Crippen LogP contribution in [0, 0.1) is 12.8 Å². The molecular formula is C24H34N4OS. The number of thiazole rings is 1. The topological polar surface area (TPSA) is 48.5 Å². The van der Waals surface area contributed by atoms with E-state index in [1.807, 2.05) is 0 Å². The average molecular weight is 427 g/mol. The molecule has 5 nitrogen and oxygen atoms in total. The van der Waals surface area contributed by atoms with E-state index >= 15 is 0 Å². The number of hydrogen-bond acceptors (Lipinski definition) is 5. The van der Waals surface area contributed by atoms with Gasteiger partial charge in [0, 0.05) is 49.7 Å². The molecule has 1 aliphatic carbocycles. The van der Waals surface area contributed by atoms with Gasteiger partial charge in [-0.3, -0.25) is 9.69 Å². The van der Waals surface area contributed by atoms with Crippen molar-refractivity contribution in [3.05, 3.63) is 40.4 Å². The molecule has 162 valence electrons. The summed E-state index contributed by atoms with van der Waals surface area (Å²) in [5.74, 6) is 0.700. The Balaban J connectivity index is 1.33. The number of aromatic nitrogens is 1. The molecule has 0 atom stereocenters. The molecule has 2 aromatic rings. The maximum absolute atomic E-state index is 12.7. The molecule has 1 N–H and O–H groups in total. The van der Waals surface area contributed by atoms with Crippen LogP contribution >= 0.6 is 11.3 Å². The number of carbonyl (C=O) groups is 1. The monoisotopic (exact) mass is 426 g/mol. The molecule has 4 rings (SSSR count). The van der Waals surface area contributed by atoms with Gasteiger partial charge < -0.3 is 10.2 Å². The van der Waals surface area contributed by atoms with E-state index in [1.165, 1.54) is 29.7 Å². The third-order valence-electron chi connectivity index (χ3n) is 6.53. The van der Waals surface area contributed by atoms with Gasteiger partial charge in [0.1, 0.15) is 0 Å². The maximum Gasteiger partial charge on any atom is 0.225 e. The Morgan fingerprint density at radius 2 is 1.97 bits per heavy atom. The molecule has 0 bridgehead atoms. The first-order valence-corrected chi connectivity index (χ1v) is 12.3. The zero-order valence-electron chi connectivity index (χ0n) is 18.3. The minimum absolute atomic E-state index is 0.297. The molecule has 2 fully saturated rings. The molecule has 0 radical (unpaired) electrons. The first-order chi connectivity index (χ1) is 14.6. The summed E-state index contributed by atoms with van der Waals surface area (Å²) in [6.45, 7) is 8.97. The minimum atomic E-state index is 0.297. The van der Waals surface area contributed by atoms with Gasteiger partial charge in [-0.25, -0.2) is 4.98 Å². The van der Waals surface area contributed by atoms with Crippen LogP contribution < -0.4 is 5.32 Å². The summed E-state index contributed by atoms with van der Waals surface area (Å²) in [6.07, 6.45) is 6.79. The van der Waals surface area contributed by atoms with Crippen LogP contribution in [0.15, 0.2) is 23.6 Å². The lowest BCUT2D eigenvalue weighted by molar-refractivity contribution is -0.137. The van der Waals surface area contributed by atoms with Gasteiger partial charge >= 0.3 is 0 Å². The van der Waals surface area contributed by atoms with E-state index in [0.29, 0.717) is 11.8 Å². The fraction of sp³-hybridized carbons (Fsp3) is 0.583. The summed E-state index contributed by atoms with van der Waals surface area (Å²) in [4.78, 5) is 22.0. The van der Waals surface area contributed by atoms with Crippen molar-refractivity contribution >= 4 is 28.1 Å². The van der Waals surface area contributed by atoms with E-state index in [4.69, 9.17) is 4.98 Å². The summed E-state index contributed by atoms with van der Waals surface area (Å²) in [5, 5.41) is 6.64. The van der Waals surface area contributed by atoms with E-state index in [0.717, 1.165) is 69.2 Å². The summed E-state index contributed by atoms with van der Waals surface area (Å²) in [7, 11) is 0. The zero-order chi connectivity index (χ0) is 20.9. The van der Waals surface area contributed by atoms with Crippen LogP contribution in [-0.2, 0) is 17.8 Å². The second-order valence-electron chi connectivity index (χ2n) is 8.69. The maximum atomic E-state index is 12.7. The number of aryl methyl sites for hydroxylation is 1. The number of piperazine rings is 1. The van der Waals surface area contributed by atoms with Gasteiger partial charge in [0.15, 0.2) is 5.13 Å². The highest BCUT2D eigenvalue weighted by atomic mass is 32.1. The minimum Gasteiger partial charge on any atom is -0.340 e. The molecule has 1 saturated heterocycles. The van der Waals surface area contributed by atoms with E-state index < -0.39 is 0 Å². The van der Waals surface area contributed by atoms with Crippen LogP contribution in [0.4, 0.5) is 10.8 Å². The number of rotatable bonds is 7. The van der Waals surface area contributed by atoms with Crippen molar-refractivity contribution in [1.82, 2.24) is 14.8 Å². The molecule has 2 aliphatic rings. The van der Waals surface area contributed by atoms with Gasteiger partial charge in [0.25, 0.3) is 0 Å². The summed E-state index contributed by atoms with van der Waals surface area (Å²) in [6, 6.07) is 6.49. The normalized spacial score (nSPS) is 18.1. The highest BCUT2D eigenvalue weighted by molar-refractivity contribution is 7.13. The fourth-order valence-corrected chi connectivity index (χ4v) is 5.40. The van der Waals surface area contributed by atoms with E-state index in [2.05, 4.69) is 52.5 Å². The van der Waals surface area contributed by atoms with Crippen LogP contribution in [0.2, 0.25) is 0 Å². The Morgan fingerprint density at radius 3 is 2.70 bits per heavy atom. The Morgan fingerprint density at radius 1 is 1.20 bits per heavy atom. The highest BCUT2D eigenvalue weighted by Crippen LogP contribution is 2.28. The van der Waals surface area contributed by atoms with Crippen molar-refractivity contribution in [1.29, 1.82) is 0 Å². The lowest BCUT2D eigenvalue weighted by atomic mass is 10.0. The molecular weight excluding hydrogens is 392 g/mol. The SMILES string of the molecule is CCCc1csc(Nc2cccc(CN3CCN(C(=O)C4CCCC4)CC3)c2C)n1. The van der Waals surface area contributed by atoms with Crippen molar-refractivity contribution in [3.63, 3.8) is 0 Å². The van der Waals surface area contributed by atoms with Gasteiger partial charge in [-0.05, 0) is 43.4 Å². The summed E-state index contributed by atoms with van der Waals surface area (Å²) >= 11 is 1.68. The van der Waals surface area contributed by atoms with Crippen LogP contribution in [0.25, 0.3) is 0 Å². The lowest BCUT2D eigenvalue weighted by Gasteiger charge is -2.36. The molecule has 0 unspecified atom stereocenters. The van der Waals surface area contributed by atoms with Gasteiger partial charge in [-0.15, -0.1) is 11.3 Å². The molecule has 1 amide bonds. The number of hydrogen-bond donors (Lipinski definition) is 1. The van der Waals surface area contributed by atoms with Gasteiger partial charge in [-0.2, -0.15) is 0 Å². The Kier molecular flexibility index (Phi) is 7.05. The number of anilines is 2. The number of carbonyl (C=O) groups excluding carboxylic acids is 1. The van der Waals surface area contributed by atoms with Crippen LogP contribution in [-0.4, -0.2) is 46.9 Å². The molecule has 30 heavy (non-hydrogen) atoms. The molecule has 1 aromatic carbocycles. The second kappa shape index (κ2) is 9.92. The van der Waals surface area contributed by atoms with Crippen molar-refractivity contribution in [3.8, 4) is 0 Å². The Bertz CT molecular complexity index is 851. The Labute approximate surface area is 184 Å². The quantitative estimate of drug-likeness (QED) is 0.678. The number of benzene rings is 1. The van der Waals surface area contributed by atoms with E-state index in [-0.39, 0.29) is 0 Å². The first-order valence-electron chi connectivity index (χ1n) is 11.4. The summed E-state index contributed by atoms with van der Waals surface area (Å²) < 4.78 is 0. The van der Waals surface area contributed by atoms with Crippen LogP contribution in [0.3, 0.4) is 0 Å². The van der Waals surface area contributed by atoms with Crippen LogP contribution in [0.1, 0.15) is 55.8 Å². The van der Waals surface area contributed by atoms with Crippen molar-refractivity contribution in [2.75, 3.05) is 31.5 Å². The smallest absolute Gasteiger partial charge is 0.225 e. The fourth-order valence-electron chi connectivity index (χ4n) is 4.64. The van der Waals surface area contributed by atoms with Gasteiger partial charge in [0.2, 0.25) is 5.91 Å². The molecule has 1 aliphatic heterocycles. The molecule has 6 heteroatoms. The largest absolute Gasteiger partial charge is 0.340 e. The van der Waals surface area contributed by atoms with Crippen molar-refractivity contribution in [2.24, 2.45) is 5.92 Å². The van der Waals surface area contributed by atoms with Crippen LogP contribution in [0.5, 0.6) is 0 Å². The number of nitrogens with zero attached hydrogens (tertiary/aromatic N) is 3. The predicted molar refractivity (Wildman–Crippen MR) is 124 cm³/mol.